The van der Waals surface area contributed by atoms with E-state index in [0.29, 0.717) is 0 Å². The SMILES string of the molecule is Nc1ccn(C[C@@H]2O[C@H](CO)[C@@H](O)[C@H]2O)c(=O)n1.O=S(=O)(O)O. The fourth-order valence-corrected chi connectivity index (χ4v) is 1.90. The lowest BCUT2D eigenvalue weighted by Crippen LogP contribution is -2.37. The molecule has 0 spiro atoms. The van der Waals surface area contributed by atoms with Gasteiger partial charge in [0, 0.05) is 6.20 Å². The molecule has 0 unspecified atom stereocenters. The van der Waals surface area contributed by atoms with E-state index in [1.54, 1.807) is 0 Å². The normalized spacial score (nSPS) is 27.3. The molecule has 1 aromatic rings. The molecule has 1 aromatic heterocycles. The Balaban J connectivity index is 0.000000463. The molecule has 132 valence electrons. The van der Waals surface area contributed by atoms with Crippen molar-refractivity contribution in [2.75, 3.05) is 12.3 Å². The van der Waals surface area contributed by atoms with Gasteiger partial charge in [0.1, 0.15) is 30.2 Å². The second-order valence-corrected chi connectivity index (χ2v) is 5.51. The zero-order valence-corrected chi connectivity index (χ0v) is 12.4. The molecule has 0 radical (unpaired) electrons. The second-order valence-electron chi connectivity index (χ2n) is 4.61. The Bertz CT molecular complexity index is 668. The van der Waals surface area contributed by atoms with Crippen LogP contribution in [0.2, 0.25) is 0 Å². The molecule has 1 saturated heterocycles. The lowest BCUT2D eigenvalue weighted by atomic mass is 10.1. The molecule has 2 heterocycles. The summed E-state index contributed by atoms with van der Waals surface area (Å²) in [6, 6.07) is 1.45. The first-order valence-electron chi connectivity index (χ1n) is 6.18. The van der Waals surface area contributed by atoms with Gasteiger partial charge in [0.2, 0.25) is 0 Å². The molecule has 13 heteroatoms. The summed E-state index contributed by atoms with van der Waals surface area (Å²) in [4.78, 5) is 15.0. The van der Waals surface area contributed by atoms with Crippen LogP contribution in [0.15, 0.2) is 17.1 Å². The Kier molecular flexibility index (Phi) is 6.57. The standard InChI is InChI=1S/C10H15N3O5.H2O4S/c11-7-1-2-13(10(17)12-7)3-5-8(15)9(16)6(4-14)18-5;1-5(2,3)4/h1-2,5-6,8-9,14-16H,3-4H2,(H2,11,12,17);(H2,1,2,3,4)/t5-,6+,8-,9+;/m0./s1. The van der Waals surface area contributed by atoms with Crippen molar-refractivity contribution in [2.24, 2.45) is 0 Å². The monoisotopic (exact) mass is 355 g/mol. The lowest BCUT2D eigenvalue weighted by molar-refractivity contribution is -0.0269. The quantitative estimate of drug-likeness (QED) is 0.295. The van der Waals surface area contributed by atoms with Gasteiger partial charge in [-0.15, -0.1) is 0 Å². The summed E-state index contributed by atoms with van der Waals surface area (Å²) in [6.07, 6.45) is -2.52. The van der Waals surface area contributed by atoms with Gasteiger partial charge in [-0.25, -0.2) is 4.79 Å². The average molecular weight is 355 g/mol. The molecule has 1 aliphatic heterocycles. The number of nitrogens with zero attached hydrogens (tertiary/aromatic N) is 2. The summed E-state index contributed by atoms with van der Waals surface area (Å²) < 4.78 is 38.1. The van der Waals surface area contributed by atoms with Crippen molar-refractivity contribution in [1.82, 2.24) is 9.55 Å². The summed E-state index contributed by atoms with van der Waals surface area (Å²) in [6.45, 7) is -0.371. The van der Waals surface area contributed by atoms with Gasteiger partial charge >= 0.3 is 16.1 Å². The third kappa shape index (κ3) is 6.19. The molecule has 1 aliphatic rings. The number of nitrogens with two attached hydrogens (primary N) is 1. The van der Waals surface area contributed by atoms with Crippen molar-refractivity contribution >= 4 is 16.2 Å². The first kappa shape index (κ1) is 19.4. The number of rotatable bonds is 3. The van der Waals surface area contributed by atoms with E-state index in [-0.39, 0.29) is 12.4 Å². The number of aliphatic hydroxyl groups excluding tert-OH is 3. The highest BCUT2D eigenvalue weighted by Crippen LogP contribution is 2.21. The number of hydrogen-bond donors (Lipinski definition) is 6. The Morgan fingerprint density at radius 3 is 2.22 bits per heavy atom. The topological polar surface area (TPSA) is 205 Å². The predicted octanol–water partition coefficient (Wildman–Crippen LogP) is -3.35. The van der Waals surface area contributed by atoms with Crippen LogP contribution in [0.5, 0.6) is 0 Å². The lowest BCUT2D eigenvalue weighted by Gasteiger charge is -2.15. The highest BCUT2D eigenvalue weighted by Gasteiger charge is 2.42. The molecular weight excluding hydrogens is 338 g/mol. The van der Waals surface area contributed by atoms with Crippen LogP contribution < -0.4 is 11.4 Å². The molecule has 2 rings (SSSR count). The molecule has 12 nitrogen and oxygen atoms in total. The van der Waals surface area contributed by atoms with Crippen LogP contribution in [0.4, 0.5) is 5.82 Å². The molecule has 0 saturated carbocycles. The van der Waals surface area contributed by atoms with Crippen molar-refractivity contribution in [1.29, 1.82) is 0 Å². The minimum Gasteiger partial charge on any atom is -0.394 e. The van der Waals surface area contributed by atoms with Gasteiger partial charge in [0.05, 0.1) is 13.2 Å². The Morgan fingerprint density at radius 2 is 1.78 bits per heavy atom. The van der Waals surface area contributed by atoms with Crippen LogP contribution >= 0.6 is 0 Å². The minimum atomic E-state index is -4.67. The van der Waals surface area contributed by atoms with Gasteiger partial charge in [-0.3, -0.25) is 13.7 Å². The predicted molar refractivity (Wildman–Crippen MR) is 74.8 cm³/mol. The smallest absolute Gasteiger partial charge is 0.394 e. The second kappa shape index (κ2) is 7.78. The maximum absolute atomic E-state index is 11.5. The highest BCUT2D eigenvalue weighted by atomic mass is 32.3. The van der Waals surface area contributed by atoms with E-state index >= 15 is 0 Å². The molecule has 0 aromatic carbocycles. The molecule has 0 amide bonds. The summed E-state index contributed by atoms with van der Waals surface area (Å²) in [7, 11) is -4.67. The molecule has 1 fully saturated rings. The van der Waals surface area contributed by atoms with Crippen LogP contribution in [0.25, 0.3) is 0 Å². The maximum atomic E-state index is 11.5. The number of anilines is 1. The van der Waals surface area contributed by atoms with E-state index in [9.17, 15) is 15.0 Å². The first-order chi connectivity index (χ1) is 10.5. The molecule has 0 bridgehead atoms. The van der Waals surface area contributed by atoms with Gasteiger partial charge in [-0.05, 0) is 6.07 Å². The fraction of sp³-hybridized carbons (Fsp3) is 0.600. The maximum Gasteiger partial charge on any atom is 0.394 e. The third-order valence-corrected chi connectivity index (χ3v) is 2.91. The van der Waals surface area contributed by atoms with Crippen molar-refractivity contribution in [2.45, 2.75) is 31.0 Å². The van der Waals surface area contributed by atoms with Crippen molar-refractivity contribution in [3.63, 3.8) is 0 Å². The number of aliphatic hydroxyl groups is 3. The minimum absolute atomic E-state index is 0.0286. The zero-order valence-electron chi connectivity index (χ0n) is 11.6. The fourth-order valence-electron chi connectivity index (χ4n) is 1.90. The zero-order chi connectivity index (χ0) is 17.8. The number of ether oxygens (including phenoxy) is 1. The molecule has 4 atom stereocenters. The van der Waals surface area contributed by atoms with E-state index in [1.165, 1.54) is 16.8 Å². The first-order valence-corrected chi connectivity index (χ1v) is 7.58. The largest absolute Gasteiger partial charge is 0.394 e. The van der Waals surface area contributed by atoms with Gasteiger partial charge < -0.3 is 25.8 Å². The Labute approximate surface area is 130 Å². The Morgan fingerprint density at radius 1 is 1.26 bits per heavy atom. The van der Waals surface area contributed by atoms with Gasteiger partial charge in [0.25, 0.3) is 0 Å². The van der Waals surface area contributed by atoms with Gasteiger partial charge in [0.15, 0.2) is 0 Å². The van der Waals surface area contributed by atoms with Gasteiger partial charge in [-0.1, -0.05) is 0 Å². The van der Waals surface area contributed by atoms with Crippen LogP contribution in [0, 0.1) is 0 Å². The number of nitrogen functional groups attached to an aromatic ring is 1. The summed E-state index contributed by atoms with van der Waals surface area (Å²) in [5, 5.41) is 28.2. The number of aromatic nitrogens is 2. The molecule has 23 heavy (non-hydrogen) atoms. The van der Waals surface area contributed by atoms with Crippen LogP contribution in [0.1, 0.15) is 0 Å². The molecule has 0 aliphatic carbocycles. The van der Waals surface area contributed by atoms with Crippen molar-refractivity contribution < 1.29 is 37.6 Å². The highest BCUT2D eigenvalue weighted by molar-refractivity contribution is 7.79. The average Bonchev–Trinajstić information content (AvgIpc) is 2.68. The summed E-state index contributed by atoms with van der Waals surface area (Å²) >= 11 is 0. The number of hydrogen-bond acceptors (Lipinski definition) is 9. The summed E-state index contributed by atoms with van der Waals surface area (Å²) in [5.74, 6) is 0.109. The van der Waals surface area contributed by atoms with E-state index in [1.807, 2.05) is 0 Å². The van der Waals surface area contributed by atoms with E-state index in [2.05, 4.69) is 4.98 Å². The van der Waals surface area contributed by atoms with Crippen LogP contribution in [-0.2, 0) is 21.7 Å². The molecule has 7 N–H and O–H groups in total. The summed E-state index contributed by atoms with van der Waals surface area (Å²) in [5.41, 5.74) is 4.79. The third-order valence-electron chi connectivity index (χ3n) is 2.91. The van der Waals surface area contributed by atoms with E-state index in [4.69, 9.17) is 33.1 Å². The van der Waals surface area contributed by atoms with E-state index < -0.39 is 47.1 Å². The van der Waals surface area contributed by atoms with Crippen molar-refractivity contribution in [3.05, 3.63) is 22.7 Å². The van der Waals surface area contributed by atoms with Crippen molar-refractivity contribution in [3.8, 4) is 0 Å². The van der Waals surface area contributed by atoms with Gasteiger partial charge in [-0.2, -0.15) is 13.4 Å². The van der Waals surface area contributed by atoms with Crippen LogP contribution in [0.3, 0.4) is 0 Å². The van der Waals surface area contributed by atoms with Crippen LogP contribution in [-0.4, -0.2) is 73.4 Å². The van der Waals surface area contributed by atoms with E-state index in [0.717, 1.165) is 0 Å². The Hall–Kier alpha value is -1.61. The molecular formula is C10H17N3O9S.